The molecular weight excluding hydrogens is 245 g/mol. The van der Waals surface area contributed by atoms with Crippen molar-refractivity contribution in [3.05, 3.63) is 36.1 Å². The minimum absolute atomic E-state index is 0.122. The smallest absolute Gasteiger partial charge is 0.389 e. The fourth-order valence-electron chi connectivity index (χ4n) is 1.78. The van der Waals surface area contributed by atoms with Crippen LogP contribution in [0.25, 0.3) is 11.0 Å². The highest BCUT2D eigenvalue weighted by Crippen LogP contribution is 2.25. The summed E-state index contributed by atoms with van der Waals surface area (Å²) in [5.41, 5.74) is 0.921. The SMILES string of the molecule is O=C(CCCC(F)(F)F)c1coc2ccccc12. The number of fused-ring (bicyclic) bond motifs is 1. The molecule has 1 heterocycles. The Labute approximate surface area is 101 Å². The Morgan fingerprint density at radius 2 is 1.94 bits per heavy atom. The van der Waals surface area contributed by atoms with Gasteiger partial charge in [-0.05, 0) is 12.5 Å². The number of furan rings is 1. The van der Waals surface area contributed by atoms with E-state index in [4.69, 9.17) is 4.42 Å². The van der Waals surface area contributed by atoms with Crippen LogP contribution in [-0.2, 0) is 0 Å². The molecule has 0 spiro atoms. The van der Waals surface area contributed by atoms with Gasteiger partial charge in [0, 0.05) is 18.2 Å². The predicted molar refractivity (Wildman–Crippen MR) is 60.5 cm³/mol. The van der Waals surface area contributed by atoms with Crippen molar-refractivity contribution in [1.29, 1.82) is 0 Å². The number of carbonyl (C=O) groups is 1. The Hall–Kier alpha value is -1.78. The van der Waals surface area contributed by atoms with Crippen molar-refractivity contribution in [3.63, 3.8) is 0 Å². The molecular formula is C13H11F3O2. The molecule has 0 unspecified atom stereocenters. The van der Waals surface area contributed by atoms with Crippen molar-refractivity contribution in [2.24, 2.45) is 0 Å². The monoisotopic (exact) mass is 256 g/mol. The lowest BCUT2D eigenvalue weighted by Gasteiger charge is -2.04. The number of ketones is 1. The summed E-state index contributed by atoms with van der Waals surface area (Å²) in [6.07, 6.45) is -4.15. The molecule has 0 saturated heterocycles. The molecule has 18 heavy (non-hydrogen) atoms. The van der Waals surface area contributed by atoms with E-state index in [0.717, 1.165) is 0 Å². The number of alkyl halides is 3. The Kier molecular flexibility index (Phi) is 3.41. The standard InChI is InChI=1S/C13H11F3O2/c14-13(15,16)7-3-5-11(17)10-8-18-12-6-2-1-4-9(10)12/h1-2,4,6,8H,3,5,7H2. The summed E-state index contributed by atoms with van der Waals surface area (Å²) >= 11 is 0. The zero-order valence-corrected chi connectivity index (χ0v) is 9.46. The van der Waals surface area contributed by atoms with E-state index in [1.165, 1.54) is 6.26 Å². The van der Waals surface area contributed by atoms with Gasteiger partial charge in [-0.25, -0.2) is 0 Å². The molecule has 0 fully saturated rings. The molecule has 2 rings (SSSR count). The van der Waals surface area contributed by atoms with E-state index in [-0.39, 0.29) is 18.6 Å². The van der Waals surface area contributed by atoms with Gasteiger partial charge in [-0.15, -0.1) is 0 Å². The first-order chi connectivity index (χ1) is 8.47. The van der Waals surface area contributed by atoms with Crippen molar-refractivity contribution in [1.82, 2.24) is 0 Å². The summed E-state index contributed by atoms with van der Waals surface area (Å²) < 4.78 is 41.1. The number of Topliss-reactive ketones (excluding diaryl/α,β-unsaturated/α-hetero) is 1. The quantitative estimate of drug-likeness (QED) is 0.761. The van der Waals surface area contributed by atoms with Crippen LogP contribution < -0.4 is 0 Å². The van der Waals surface area contributed by atoms with Crippen molar-refractivity contribution >= 4 is 16.8 Å². The van der Waals surface area contributed by atoms with E-state index in [2.05, 4.69) is 0 Å². The largest absolute Gasteiger partial charge is 0.464 e. The zero-order chi connectivity index (χ0) is 13.2. The fourth-order valence-corrected chi connectivity index (χ4v) is 1.78. The number of rotatable bonds is 4. The van der Waals surface area contributed by atoms with E-state index >= 15 is 0 Å². The van der Waals surface area contributed by atoms with Crippen LogP contribution in [-0.4, -0.2) is 12.0 Å². The van der Waals surface area contributed by atoms with Gasteiger partial charge in [-0.2, -0.15) is 13.2 Å². The molecule has 2 nitrogen and oxygen atoms in total. The first-order valence-electron chi connectivity index (χ1n) is 5.53. The summed E-state index contributed by atoms with van der Waals surface area (Å²) in [4.78, 5) is 11.8. The van der Waals surface area contributed by atoms with Gasteiger partial charge in [0.25, 0.3) is 0 Å². The van der Waals surface area contributed by atoms with Crippen LogP contribution in [0.5, 0.6) is 0 Å². The summed E-state index contributed by atoms with van der Waals surface area (Å²) in [6, 6.07) is 6.95. The van der Waals surface area contributed by atoms with Gasteiger partial charge in [0.15, 0.2) is 5.78 Å². The molecule has 0 N–H and O–H groups in total. The van der Waals surface area contributed by atoms with E-state index in [1.807, 2.05) is 0 Å². The highest BCUT2D eigenvalue weighted by molar-refractivity contribution is 6.06. The van der Waals surface area contributed by atoms with Crippen molar-refractivity contribution in [3.8, 4) is 0 Å². The lowest BCUT2D eigenvalue weighted by atomic mass is 10.0. The second-order valence-corrected chi connectivity index (χ2v) is 4.04. The lowest BCUT2D eigenvalue weighted by Crippen LogP contribution is -2.08. The van der Waals surface area contributed by atoms with E-state index in [1.54, 1.807) is 24.3 Å². The van der Waals surface area contributed by atoms with Crippen LogP contribution in [0, 0.1) is 0 Å². The molecule has 1 aromatic heterocycles. The molecule has 0 bridgehead atoms. The second-order valence-electron chi connectivity index (χ2n) is 4.04. The van der Waals surface area contributed by atoms with E-state index < -0.39 is 12.6 Å². The summed E-state index contributed by atoms with van der Waals surface area (Å²) in [5, 5.41) is 0.648. The van der Waals surface area contributed by atoms with Crippen LogP contribution in [0.3, 0.4) is 0 Å². The average Bonchev–Trinajstić information content (AvgIpc) is 2.70. The molecule has 0 aliphatic rings. The van der Waals surface area contributed by atoms with Gasteiger partial charge >= 0.3 is 6.18 Å². The molecule has 0 radical (unpaired) electrons. The van der Waals surface area contributed by atoms with Gasteiger partial charge in [-0.1, -0.05) is 18.2 Å². The van der Waals surface area contributed by atoms with Crippen LogP contribution in [0.2, 0.25) is 0 Å². The normalized spacial score (nSPS) is 11.9. The summed E-state index contributed by atoms with van der Waals surface area (Å²) in [5.74, 6) is -0.316. The maximum atomic E-state index is 12.0. The highest BCUT2D eigenvalue weighted by Gasteiger charge is 2.26. The minimum atomic E-state index is -4.21. The van der Waals surface area contributed by atoms with E-state index in [0.29, 0.717) is 16.5 Å². The van der Waals surface area contributed by atoms with Crippen LogP contribution in [0.4, 0.5) is 13.2 Å². The number of carbonyl (C=O) groups excluding carboxylic acids is 1. The molecule has 0 aliphatic heterocycles. The molecule has 0 amide bonds. The predicted octanol–water partition coefficient (Wildman–Crippen LogP) is 4.35. The second kappa shape index (κ2) is 4.84. The Bertz CT molecular complexity index is 555. The van der Waals surface area contributed by atoms with Gasteiger partial charge in [0.2, 0.25) is 0 Å². The molecule has 5 heteroatoms. The van der Waals surface area contributed by atoms with Crippen molar-refractivity contribution in [2.45, 2.75) is 25.4 Å². The molecule has 0 atom stereocenters. The number of hydrogen-bond donors (Lipinski definition) is 0. The third-order valence-corrected chi connectivity index (χ3v) is 2.65. The average molecular weight is 256 g/mol. The molecule has 0 aliphatic carbocycles. The number of hydrogen-bond acceptors (Lipinski definition) is 2. The zero-order valence-electron chi connectivity index (χ0n) is 9.46. The topological polar surface area (TPSA) is 30.2 Å². The maximum Gasteiger partial charge on any atom is 0.389 e. The third kappa shape index (κ3) is 2.91. The summed E-state index contributed by atoms with van der Waals surface area (Å²) in [7, 11) is 0. The molecule has 0 saturated carbocycles. The Balaban J connectivity index is 2.05. The minimum Gasteiger partial charge on any atom is -0.464 e. The Morgan fingerprint density at radius 3 is 2.67 bits per heavy atom. The van der Waals surface area contributed by atoms with Gasteiger partial charge in [0.1, 0.15) is 11.8 Å². The van der Waals surface area contributed by atoms with Gasteiger partial charge in [0.05, 0.1) is 5.56 Å². The maximum absolute atomic E-state index is 12.0. The van der Waals surface area contributed by atoms with Crippen molar-refractivity contribution in [2.75, 3.05) is 0 Å². The van der Waals surface area contributed by atoms with E-state index in [9.17, 15) is 18.0 Å². The molecule has 96 valence electrons. The first kappa shape index (κ1) is 12.7. The lowest BCUT2D eigenvalue weighted by molar-refractivity contribution is -0.135. The fraction of sp³-hybridized carbons (Fsp3) is 0.308. The molecule has 2 aromatic rings. The van der Waals surface area contributed by atoms with Crippen LogP contribution in [0.1, 0.15) is 29.6 Å². The van der Waals surface area contributed by atoms with Crippen molar-refractivity contribution < 1.29 is 22.4 Å². The number of para-hydroxylation sites is 1. The number of benzene rings is 1. The highest BCUT2D eigenvalue weighted by atomic mass is 19.4. The summed E-state index contributed by atoms with van der Waals surface area (Å²) in [6.45, 7) is 0. The van der Waals surface area contributed by atoms with Crippen LogP contribution >= 0.6 is 0 Å². The first-order valence-corrected chi connectivity index (χ1v) is 5.53. The van der Waals surface area contributed by atoms with Gasteiger partial charge in [-0.3, -0.25) is 4.79 Å². The third-order valence-electron chi connectivity index (χ3n) is 2.65. The Morgan fingerprint density at radius 1 is 1.22 bits per heavy atom. The number of halogens is 3. The molecule has 1 aromatic carbocycles. The van der Waals surface area contributed by atoms with Gasteiger partial charge < -0.3 is 4.42 Å². The van der Waals surface area contributed by atoms with Crippen LogP contribution in [0.15, 0.2) is 34.9 Å².